The van der Waals surface area contributed by atoms with E-state index >= 15 is 0 Å². The quantitative estimate of drug-likeness (QED) is 0.0948. The molecule has 0 radical (unpaired) electrons. The molecule has 6 nitrogen and oxygen atoms in total. The highest BCUT2D eigenvalue weighted by molar-refractivity contribution is 7.38. The molecule has 0 bridgehead atoms. The number of rotatable bonds is 26. The van der Waals surface area contributed by atoms with Gasteiger partial charge >= 0.3 is 0 Å². The minimum absolute atomic E-state index is 0.0326. The molecule has 0 amide bonds. The van der Waals surface area contributed by atoms with Gasteiger partial charge in [0.25, 0.3) is 0 Å². The minimum Gasteiger partial charge on any atom is -0.380 e. The summed E-state index contributed by atoms with van der Waals surface area (Å²) >= 11 is 0. The largest absolute Gasteiger partial charge is 0.380 e. The Hall–Kier alpha value is 0.620. The van der Waals surface area contributed by atoms with Crippen LogP contribution in [0.2, 0.25) is 0 Å². The zero-order chi connectivity index (χ0) is 23.7. The van der Waals surface area contributed by atoms with Gasteiger partial charge in [0, 0.05) is 65.0 Å². The Labute approximate surface area is 202 Å². The van der Waals surface area contributed by atoms with Gasteiger partial charge in [0.05, 0.1) is 6.61 Å². The molecule has 0 N–H and O–H groups in total. The zero-order valence-corrected chi connectivity index (χ0v) is 23.7. The minimum atomic E-state index is -0.0326. The molecular weight excluding hydrogens is 444 g/mol. The predicted octanol–water partition coefficient (Wildman–Crippen LogP) is 5.04. The highest BCUT2D eigenvalue weighted by atomic mass is 31.1. The van der Waals surface area contributed by atoms with Crippen LogP contribution in [0.4, 0.5) is 0 Å². The molecule has 0 aliphatic heterocycles. The monoisotopic (exact) mass is 497 g/mol. The molecule has 0 aliphatic carbocycles. The topological polar surface area (TPSA) is 49.4 Å². The molecule has 32 heavy (non-hydrogen) atoms. The molecule has 194 valence electrons. The van der Waals surface area contributed by atoms with Crippen molar-refractivity contribution in [1.82, 2.24) is 4.90 Å². The first-order valence-electron chi connectivity index (χ1n) is 12.9. The molecular formula is C24H53NO5P2. The number of ether oxygens (including phenoxy) is 5. The Morgan fingerprint density at radius 2 is 0.969 bits per heavy atom. The summed E-state index contributed by atoms with van der Waals surface area (Å²) in [4.78, 5) is 2.55. The summed E-state index contributed by atoms with van der Waals surface area (Å²) < 4.78 is 29.1. The van der Waals surface area contributed by atoms with Crippen molar-refractivity contribution in [2.24, 2.45) is 0 Å². The lowest BCUT2D eigenvalue weighted by molar-refractivity contribution is -0.127. The van der Waals surface area contributed by atoms with Crippen molar-refractivity contribution in [1.29, 1.82) is 0 Å². The van der Waals surface area contributed by atoms with Crippen LogP contribution in [0.25, 0.3) is 0 Å². The van der Waals surface area contributed by atoms with Crippen molar-refractivity contribution in [2.75, 3.05) is 83.9 Å². The van der Waals surface area contributed by atoms with E-state index in [0.29, 0.717) is 0 Å². The van der Waals surface area contributed by atoms with E-state index in [-0.39, 0.29) is 12.6 Å². The average molecular weight is 498 g/mol. The lowest BCUT2D eigenvalue weighted by Gasteiger charge is -2.24. The number of hydrogen-bond acceptors (Lipinski definition) is 6. The fourth-order valence-electron chi connectivity index (χ4n) is 2.92. The van der Waals surface area contributed by atoms with E-state index in [1.807, 2.05) is 0 Å². The van der Waals surface area contributed by atoms with Crippen LogP contribution in [0.15, 0.2) is 0 Å². The Morgan fingerprint density at radius 1 is 0.562 bits per heavy atom. The van der Waals surface area contributed by atoms with Crippen LogP contribution in [0.3, 0.4) is 0 Å². The molecule has 0 saturated carbocycles. The Bertz CT molecular complexity index is 325. The van der Waals surface area contributed by atoms with Crippen LogP contribution >= 0.6 is 17.2 Å². The first-order chi connectivity index (χ1) is 15.7. The molecule has 0 aliphatic rings. The third-order valence-electron chi connectivity index (χ3n) is 4.62. The summed E-state index contributed by atoms with van der Waals surface area (Å²) in [5.41, 5.74) is 0. The summed E-state index contributed by atoms with van der Waals surface area (Å²) in [7, 11) is 1.73. The van der Waals surface area contributed by atoms with Crippen LogP contribution in [-0.4, -0.2) is 101 Å². The Balaban J connectivity index is 4.27. The van der Waals surface area contributed by atoms with Gasteiger partial charge in [-0.05, 0) is 44.9 Å². The molecule has 0 fully saturated rings. The van der Waals surface area contributed by atoms with Crippen LogP contribution in [-0.2, 0) is 23.7 Å². The van der Waals surface area contributed by atoms with Gasteiger partial charge in [0.1, 0.15) is 0 Å². The van der Waals surface area contributed by atoms with Gasteiger partial charge in [-0.3, -0.25) is 0 Å². The maximum absolute atomic E-state index is 5.87. The zero-order valence-electron chi connectivity index (χ0n) is 21.7. The second-order valence-electron chi connectivity index (χ2n) is 7.79. The maximum Gasteiger partial charge on any atom is 0.161 e. The van der Waals surface area contributed by atoms with Crippen LogP contribution in [0, 0.1) is 0 Å². The predicted molar refractivity (Wildman–Crippen MR) is 142 cm³/mol. The summed E-state index contributed by atoms with van der Waals surface area (Å²) in [6, 6.07) is 0. The van der Waals surface area contributed by atoms with Crippen LogP contribution in [0.1, 0.15) is 60.3 Å². The summed E-state index contributed by atoms with van der Waals surface area (Å²) in [5, 5.41) is 0. The maximum atomic E-state index is 5.87. The van der Waals surface area contributed by atoms with Crippen molar-refractivity contribution in [3.05, 3.63) is 0 Å². The first-order valence-corrected chi connectivity index (χ1v) is 15.7. The van der Waals surface area contributed by atoms with Crippen LogP contribution < -0.4 is 0 Å². The van der Waals surface area contributed by atoms with Crippen LogP contribution in [0.5, 0.6) is 0 Å². The molecule has 0 saturated heterocycles. The molecule has 0 heterocycles. The third-order valence-corrected chi connectivity index (χ3v) is 7.02. The highest BCUT2D eigenvalue weighted by Crippen LogP contribution is 2.18. The molecule has 2 atom stereocenters. The molecule has 0 aromatic carbocycles. The van der Waals surface area contributed by atoms with Gasteiger partial charge < -0.3 is 28.6 Å². The van der Waals surface area contributed by atoms with Gasteiger partial charge in [-0.2, -0.15) is 0 Å². The second kappa shape index (κ2) is 26.2. The third kappa shape index (κ3) is 21.2. The first kappa shape index (κ1) is 32.6. The van der Waals surface area contributed by atoms with Crippen molar-refractivity contribution in [3.63, 3.8) is 0 Å². The molecule has 0 spiro atoms. The summed E-state index contributed by atoms with van der Waals surface area (Å²) in [6.07, 6.45) is 8.48. The number of nitrogens with zero attached hydrogens (tertiary/aromatic N) is 1. The van der Waals surface area contributed by atoms with E-state index in [0.717, 1.165) is 114 Å². The van der Waals surface area contributed by atoms with Gasteiger partial charge in [-0.15, -0.1) is 17.2 Å². The van der Waals surface area contributed by atoms with Crippen molar-refractivity contribution < 1.29 is 23.7 Å². The van der Waals surface area contributed by atoms with E-state index in [2.05, 4.69) is 39.5 Å². The van der Waals surface area contributed by atoms with E-state index in [1.165, 1.54) is 12.3 Å². The van der Waals surface area contributed by atoms with E-state index in [4.69, 9.17) is 23.7 Å². The average Bonchev–Trinajstić information content (AvgIpc) is 2.81. The van der Waals surface area contributed by atoms with Gasteiger partial charge in [0.15, 0.2) is 12.6 Å². The molecule has 2 unspecified atom stereocenters. The van der Waals surface area contributed by atoms with Crippen molar-refractivity contribution in [3.8, 4) is 0 Å². The molecule has 8 heteroatoms. The standard InChI is InChI=1S/C24H53NO5P2/c1-6-14-27-23(28-15-7-2)21-31-19-12-25(11-18-26-10-5)13-20-32-22-24(29-16-8-3)30-17-9-4/h23-24,31-32H,6-22H2,1-5H3. The molecule has 0 rings (SSSR count). The smallest absolute Gasteiger partial charge is 0.161 e. The summed E-state index contributed by atoms with van der Waals surface area (Å²) in [5.74, 6) is 0. The van der Waals surface area contributed by atoms with E-state index < -0.39 is 0 Å². The second-order valence-corrected chi connectivity index (χ2v) is 10.6. The lowest BCUT2D eigenvalue weighted by Crippen LogP contribution is -2.32. The summed E-state index contributed by atoms with van der Waals surface area (Å²) in [6.45, 7) is 18.6. The van der Waals surface area contributed by atoms with Gasteiger partial charge in [0.2, 0.25) is 0 Å². The Morgan fingerprint density at radius 3 is 1.31 bits per heavy atom. The van der Waals surface area contributed by atoms with Gasteiger partial charge in [-0.1, -0.05) is 27.7 Å². The number of hydrogen-bond donors (Lipinski definition) is 0. The van der Waals surface area contributed by atoms with E-state index in [1.54, 1.807) is 0 Å². The van der Waals surface area contributed by atoms with E-state index in [9.17, 15) is 0 Å². The lowest BCUT2D eigenvalue weighted by atomic mass is 10.5. The van der Waals surface area contributed by atoms with Gasteiger partial charge in [-0.25, -0.2) is 0 Å². The fourth-order valence-corrected chi connectivity index (χ4v) is 5.22. The normalized spacial score (nSPS) is 12.8. The molecule has 0 aromatic heterocycles. The Kier molecular flexibility index (Phi) is 26.7. The molecule has 0 aromatic rings. The van der Waals surface area contributed by atoms with Crippen molar-refractivity contribution in [2.45, 2.75) is 72.9 Å². The fraction of sp³-hybridized carbons (Fsp3) is 1.00. The highest BCUT2D eigenvalue weighted by Gasteiger charge is 2.12. The SMILES string of the molecule is CCCOC(CPCCN(CCOCC)CCPCC(OCCC)OCCC)OCCC. The van der Waals surface area contributed by atoms with Crippen molar-refractivity contribution >= 4 is 17.2 Å².